The minimum absolute atomic E-state index is 0.540. The van der Waals surface area contributed by atoms with Crippen LogP contribution in [-0.2, 0) is 5.41 Å². The number of hydrogen-bond donors (Lipinski definition) is 0. The summed E-state index contributed by atoms with van der Waals surface area (Å²) in [7, 11) is 0. The fraction of sp³-hybridized carbons (Fsp3) is 0.0233. The first kappa shape index (κ1) is 26.0. The zero-order valence-electron chi connectivity index (χ0n) is 25.3. The summed E-state index contributed by atoms with van der Waals surface area (Å²) in [6.07, 6.45) is 5.26. The van der Waals surface area contributed by atoms with E-state index in [2.05, 4.69) is 160 Å². The Balaban J connectivity index is 1.33. The molecule has 0 spiro atoms. The first-order valence-electron chi connectivity index (χ1n) is 15.9. The summed E-state index contributed by atoms with van der Waals surface area (Å²) in [6.45, 7) is 0. The van der Waals surface area contributed by atoms with E-state index in [-0.39, 0.29) is 0 Å². The molecule has 4 nitrogen and oxygen atoms in total. The molecule has 1 aliphatic rings. The maximum Gasteiger partial charge on any atom is 0.135 e. The van der Waals surface area contributed by atoms with Crippen LogP contribution in [0.4, 0.5) is 0 Å². The van der Waals surface area contributed by atoms with Crippen molar-refractivity contribution in [2.45, 2.75) is 5.41 Å². The van der Waals surface area contributed by atoms with Crippen LogP contribution in [0.5, 0.6) is 0 Å². The Kier molecular flexibility index (Phi) is 5.46. The lowest BCUT2D eigenvalue weighted by Crippen LogP contribution is -2.29. The van der Waals surface area contributed by atoms with Gasteiger partial charge in [-0.2, -0.15) is 0 Å². The second-order valence-electron chi connectivity index (χ2n) is 12.2. The van der Waals surface area contributed by atoms with Crippen molar-refractivity contribution in [3.05, 3.63) is 187 Å². The summed E-state index contributed by atoms with van der Waals surface area (Å²) in [5.74, 6) is 0. The summed E-state index contributed by atoms with van der Waals surface area (Å²) in [4.78, 5) is 8.49. The van der Waals surface area contributed by atoms with E-state index in [0.717, 1.165) is 38.6 Å². The zero-order chi connectivity index (χ0) is 31.0. The Bertz CT molecular complexity index is 2580. The van der Waals surface area contributed by atoms with Crippen molar-refractivity contribution in [2.75, 3.05) is 0 Å². The smallest absolute Gasteiger partial charge is 0.135 e. The van der Waals surface area contributed by atoms with Crippen molar-refractivity contribution in [1.82, 2.24) is 14.5 Å². The van der Waals surface area contributed by atoms with Crippen LogP contribution < -0.4 is 0 Å². The summed E-state index contributed by atoms with van der Waals surface area (Å²) >= 11 is 0. The maximum absolute atomic E-state index is 6.39. The minimum Gasteiger partial charge on any atom is -0.456 e. The van der Waals surface area contributed by atoms with Gasteiger partial charge in [-0.25, -0.2) is 9.97 Å². The highest BCUT2D eigenvalue weighted by Gasteiger charge is 2.49. The van der Waals surface area contributed by atoms with Crippen LogP contribution in [-0.4, -0.2) is 14.5 Å². The van der Waals surface area contributed by atoms with Gasteiger partial charge in [0.1, 0.15) is 17.5 Å². The molecule has 0 fully saturated rings. The second-order valence-corrected chi connectivity index (χ2v) is 12.2. The van der Waals surface area contributed by atoms with E-state index in [0.29, 0.717) is 0 Å². The maximum atomic E-state index is 6.39. The van der Waals surface area contributed by atoms with Crippen LogP contribution in [0.25, 0.3) is 60.8 Å². The summed E-state index contributed by atoms with van der Waals surface area (Å²) in [6, 6.07) is 52.7. The SMILES string of the molecule is c1ccc(C2(c3ccccc3)c3ccccc3-n3c2c(-c2ccc4oc5ccc(-c6cncnc6)cc5c4c2)c2ccccc23)cc1. The van der Waals surface area contributed by atoms with Crippen molar-refractivity contribution < 1.29 is 4.42 Å². The topological polar surface area (TPSA) is 43.9 Å². The molecule has 0 aliphatic carbocycles. The largest absolute Gasteiger partial charge is 0.456 e. The standard InChI is InChI=1S/C43H27N3O/c1-3-11-31(12-4-1)43(32-13-5-2-6-14-32)36-16-8-10-18-38(36)46-37-17-9-7-15-33(37)41(42(43)46)29-20-22-40-35(24-29)34-23-28(19-21-39(34)47-40)30-25-44-27-45-26-30/h1-27H. The van der Waals surface area contributed by atoms with Crippen LogP contribution in [0, 0.1) is 0 Å². The van der Waals surface area contributed by atoms with Gasteiger partial charge in [-0.3, -0.25) is 0 Å². The number of hydrogen-bond acceptors (Lipinski definition) is 3. The highest BCUT2D eigenvalue weighted by Crippen LogP contribution is 2.57. The molecule has 4 heterocycles. The lowest BCUT2D eigenvalue weighted by molar-refractivity contribution is 0.669. The number of furan rings is 1. The molecule has 0 saturated heterocycles. The molecule has 0 bridgehead atoms. The van der Waals surface area contributed by atoms with E-state index in [1.54, 1.807) is 6.33 Å². The number of benzene rings is 6. The second kappa shape index (κ2) is 9.87. The predicted octanol–water partition coefficient (Wildman–Crippen LogP) is 10.3. The van der Waals surface area contributed by atoms with Crippen LogP contribution in [0.15, 0.2) is 169 Å². The lowest BCUT2D eigenvalue weighted by atomic mass is 9.67. The van der Waals surface area contributed by atoms with Crippen molar-refractivity contribution in [3.63, 3.8) is 0 Å². The molecule has 1 aliphatic heterocycles. The summed E-state index contributed by atoms with van der Waals surface area (Å²) < 4.78 is 8.89. The highest BCUT2D eigenvalue weighted by molar-refractivity contribution is 6.10. The molecule has 220 valence electrons. The minimum atomic E-state index is -0.540. The average Bonchev–Trinajstić information content (AvgIpc) is 3.79. The number of rotatable bonds is 4. The molecule has 6 aromatic carbocycles. The molecular weight excluding hydrogens is 574 g/mol. The van der Waals surface area contributed by atoms with E-state index < -0.39 is 5.41 Å². The van der Waals surface area contributed by atoms with E-state index >= 15 is 0 Å². The molecule has 0 unspecified atom stereocenters. The first-order valence-corrected chi connectivity index (χ1v) is 15.9. The normalized spacial score (nSPS) is 13.3. The van der Waals surface area contributed by atoms with Gasteiger partial charge in [-0.15, -0.1) is 0 Å². The molecule has 0 atom stereocenters. The zero-order valence-corrected chi connectivity index (χ0v) is 25.3. The predicted molar refractivity (Wildman–Crippen MR) is 189 cm³/mol. The van der Waals surface area contributed by atoms with Gasteiger partial charge in [-0.1, -0.05) is 109 Å². The average molecular weight is 602 g/mol. The van der Waals surface area contributed by atoms with Crippen molar-refractivity contribution in [3.8, 4) is 27.9 Å². The third kappa shape index (κ3) is 3.58. The number of nitrogens with zero attached hydrogens (tertiary/aromatic N) is 3. The van der Waals surface area contributed by atoms with Crippen LogP contribution in [0.1, 0.15) is 22.4 Å². The van der Waals surface area contributed by atoms with Crippen LogP contribution in [0.3, 0.4) is 0 Å². The van der Waals surface area contributed by atoms with Crippen molar-refractivity contribution >= 4 is 32.8 Å². The third-order valence-corrected chi connectivity index (χ3v) is 9.84. The first-order chi connectivity index (χ1) is 23.3. The van der Waals surface area contributed by atoms with Gasteiger partial charge in [0, 0.05) is 39.7 Å². The Morgan fingerprint density at radius 2 is 1.11 bits per heavy atom. The van der Waals surface area contributed by atoms with Gasteiger partial charge in [0.25, 0.3) is 0 Å². The van der Waals surface area contributed by atoms with Crippen LogP contribution in [0.2, 0.25) is 0 Å². The Hall–Kier alpha value is -6.26. The van der Waals surface area contributed by atoms with E-state index in [9.17, 15) is 0 Å². The van der Waals surface area contributed by atoms with Gasteiger partial charge in [0.2, 0.25) is 0 Å². The van der Waals surface area contributed by atoms with Gasteiger partial charge < -0.3 is 8.98 Å². The van der Waals surface area contributed by atoms with Gasteiger partial charge in [0.05, 0.1) is 22.3 Å². The molecule has 0 N–H and O–H groups in total. The summed E-state index contributed by atoms with van der Waals surface area (Å²) in [5.41, 5.74) is 13.0. The Morgan fingerprint density at radius 1 is 0.511 bits per heavy atom. The quantitative estimate of drug-likeness (QED) is 0.202. The third-order valence-electron chi connectivity index (χ3n) is 9.84. The van der Waals surface area contributed by atoms with E-state index in [4.69, 9.17) is 4.42 Å². The molecule has 0 saturated carbocycles. The number of fused-ring (bicyclic) bond motifs is 8. The summed E-state index contributed by atoms with van der Waals surface area (Å²) in [5, 5.41) is 3.38. The van der Waals surface area contributed by atoms with E-state index in [1.807, 2.05) is 12.4 Å². The van der Waals surface area contributed by atoms with Crippen molar-refractivity contribution in [2.24, 2.45) is 0 Å². The lowest BCUT2D eigenvalue weighted by Gasteiger charge is -2.33. The molecule has 4 heteroatoms. The molecule has 10 rings (SSSR count). The van der Waals surface area contributed by atoms with Gasteiger partial charge in [-0.05, 0) is 64.2 Å². The highest BCUT2D eigenvalue weighted by atomic mass is 16.3. The fourth-order valence-electron chi connectivity index (χ4n) is 7.94. The molecule has 9 aromatic rings. The number of aromatic nitrogens is 3. The Labute approximate surface area is 271 Å². The molecule has 0 amide bonds. The molecular formula is C43H27N3O. The van der Waals surface area contributed by atoms with Gasteiger partial charge in [0.15, 0.2) is 0 Å². The Morgan fingerprint density at radius 3 is 1.83 bits per heavy atom. The van der Waals surface area contributed by atoms with E-state index in [1.165, 1.54) is 44.5 Å². The molecule has 0 radical (unpaired) electrons. The van der Waals surface area contributed by atoms with Gasteiger partial charge >= 0.3 is 0 Å². The van der Waals surface area contributed by atoms with Crippen molar-refractivity contribution in [1.29, 1.82) is 0 Å². The monoisotopic (exact) mass is 601 g/mol. The van der Waals surface area contributed by atoms with Crippen LogP contribution >= 0.6 is 0 Å². The fourth-order valence-corrected chi connectivity index (χ4v) is 7.94. The molecule has 47 heavy (non-hydrogen) atoms. The molecule has 3 aromatic heterocycles. The number of para-hydroxylation sites is 2.